The summed E-state index contributed by atoms with van der Waals surface area (Å²) in [5, 5.41) is 0. The highest BCUT2D eigenvalue weighted by Crippen LogP contribution is 2.18. The van der Waals surface area contributed by atoms with Crippen LogP contribution in [0.5, 0.6) is 0 Å². The number of amides is 1. The van der Waals surface area contributed by atoms with E-state index in [-0.39, 0.29) is 5.91 Å². The van der Waals surface area contributed by atoms with Gasteiger partial charge in [-0.15, -0.1) is 0 Å². The number of hydrogen-bond acceptors (Lipinski definition) is 2. The van der Waals surface area contributed by atoms with E-state index in [1.165, 1.54) is 0 Å². The number of carbonyl (C=O) groups excluding carboxylic acids is 1. The third-order valence-corrected chi connectivity index (χ3v) is 3.26. The number of nitrogens with zero attached hydrogens (tertiary/aromatic N) is 2. The van der Waals surface area contributed by atoms with Crippen LogP contribution in [0.4, 0.5) is 11.4 Å². The zero-order valence-electron chi connectivity index (χ0n) is 12.2. The van der Waals surface area contributed by atoms with Crippen molar-refractivity contribution in [3.05, 3.63) is 60.2 Å². The molecule has 0 aromatic heterocycles. The first-order valence-corrected chi connectivity index (χ1v) is 6.77. The fraction of sp³-hybridized carbons (Fsp3) is 0.235. The van der Waals surface area contributed by atoms with Crippen LogP contribution in [0.25, 0.3) is 0 Å². The molecule has 2 aromatic rings. The Morgan fingerprint density at radius 1 is 0.900 bits per heavy atom. The predicted molar refractivity (Wildman–Crippen MR) is 84.6 cm³/mol. The van der Waals surface area contributed by atoms with Crippen LogP contribution in [-0.4, -0.2) is 26.5 Å². The molecular weight excluding hydrogens is 248 g/mol. The smallest absolute Gasteiger partial charge is 0.258 e. The molecule has 0 heterocycles. The van der Waals surface area contributed by atoms with Gasteiger partial charge in [0.1, 0.15) is 0 Å². The van der Waals surface area contributed by atoms with Crippen LogP contribution >= 0.6 is 0 Å². The SMILES string of the molecule is CCN(C(=O)c1ccc(N(C)C)cc1)c1ccccc1. The van der Waals surface area contributed by atoms with Gasteiger partial charge >= 0.3 is 0 Å². The largest absolute Gasteiger partial charge is 0.378 e. The monoisotopic (exact) mass is 268 g/mol. The van der Waals surface area contributed by atoms with Crippen LogP contribution in [0.3, 0.4) is 0 Å². The van der Waals surface area contributed by atoms with Gasteiger partial charge in [-0.2, -0.15) is 0 Å². The van der Waals surface area contributed by atoms with E-state index in [1.807, 2.05) is 80.5 Å². The molecular formula is C17H20N2O. The zero-order valence-corrected chi connectivity index (χ0v) is 12.2. The van der Waals surface area contributed by atoms with E-state index in [1.54, 1.807) is 4.90 Å². The molecule has 20 heavy (non-hydrogen) atoms. The van der Waals surface area contributed by atoms with Gasteiger partial charge in [0.15, 0.2) is 0 Å². The molecule has 0 aliphatic carbocycles. The van der Waals surface area contributed by atoms with E-state index < -0.39 is 0 Å². The molecule has 2 aromatic carbocycles. The van der Waals surface area contributed by atoms with Gasteiger partial charge in [0.2, 0.25) is 0 Å². The first kappa shape index (κ1) is 14.1. The lowest BCUT2D eigenvalue weighted by Crippen LogP contribution is -2.30. The lowest BCUT2D eigenvalue weighted by atomic mass is 10.1. The van der Waals surface area contributed by atoms with Gasteiger partial charge in [0, 0.05) is 37.6 Å². The molecule has 0 saturated carbocycles. The van der Waals surface area contributed by atoms with Crippen molar-refractivity contribution in [2.75, 3.05) is 30.4 Å². The molecule has 104 valence electrons. The lowest BCUT2D eigenvalue weighted by molar-refractivity contribution is 0.0988. The van der Waals surface area contributed by atoms with Gasteiger partial charge in [-0.25, -0.2) is 0 Å². The molecule has 0 aliphatic rings. The number of hydrogen-bond donors (Lipinski definition) is 0. The van der Waals surface area contributed by atoms with Crippen LogP contribution in [-0.2, 0) is 0 Å². The molecule has 0 atom stereocenters. The predicted octanol–water partition coefficient (Wildman–Crippen LogP) is 3.42. The number of para-hydroxylation sites is 1. The average molecular weight is 268 g/mol. The summed E-state index contributed by atoms with van der Waals surface area (Å²) in [5.41, 5.74) is 2.72. The summed E-state index contributed by atoms with van der Waals surface area (Å²) >= 11 is 0. The van der Waals surface area contributed by atoms with Crippen molar-refractivity contribution in [3.8, 4) is 0 Å². The van der Waals surface area contributed by atoms with Crippen molar-refractivity contribution in [2.24, 2.45) is 0 Å². The van der Waals surface area contributed by atoms with E-state index in [9.17, 15) is 4.79 Å². The maximum absolute atomic E-state index is 12.6. The van der Waals surface area contributed by atoms with Gasteiger partial charge in [0.25, 0.3) is 5.91 Å². The molecule has 0 saturated heterocycles. The van der Waals surface area contributed by atoms with Crippen LogP contribution in [0.2, 0.25) is 0 Å². The molecule has 3 nitrogen and oxygen atoms in total. The topological polar surface area (TPSA) is 23.6 Å². The van der Waals surface area contributed by atoms with Crippen LogP contribution in [0, 0.1) is 0 Å². The van der Waals surface area contributed by atoms with Gasteiger partial charge in [-0.05, 0) is 43.3 Å². The summed E-state index contributed by atoms with van der Waals surface area (Å²) in [6, 6.07) is 17.4. The molecule has 0 bridgehead atoms. The third kappa shape index (κ3) is 2.99. The maximum Gasteiger partial charge on any atom is 0.258 e. The molecule has 0 spiro atoms. The Hall–Kier alpha value is -2.29. The van der Waals surface area contributed by atoms with Gasteiger partial charge in [-0.1, -0.05) is 18.2 Å². The molecule has 3 heteroatoms. The molecule has 0 fully saturated rings. The molecule has 0 aliphatic heterocycles. The molecule has 1 amide bonds. The third-order valence-electron chi connectivity index (χ3n) is 3.26. The highest BCUT2D eigenvalue weighted by molar-refractivity contribution is 6.06. The second-order valence-electron chi connectivity index (χ2n) is 4.83. The number of rotatable bonds is 4. The minimum absolute atomic E-state index is 0.0315. The second kappa shape index (κ2) is 6.24. The average Bonchev–Trinajstić information content (AvgIpc) is 2.49. The minimum atomic E-state index is 0.0315. The minimum Gasteiger partial charge on any atom is -0.378 e. The summed E-state index contributed by atoms with van der Waals surface area (Å²) in [6.45, 7) is 2.64. The van der Waals surface area contributed by atoms with Crippen LogP contribution < -0.4 is 9.80 Å². The molecule has 0 radical (unpaired) electrons. The summed E-state index contributed by atoms with van der Waals surface area (Å²) in [4.78, 5) is 16.4. The highest BCUT2D eigenvalue weighted by atomic mass is 16.2. The van der Waals surface area contributed by atoms with Gasteiger partial charge < -0.3 is 9.80 Å². The number of benzene rings is 2. The highest BCUT2D eigenvalue weighted by Gasteiger charge is 2.15. The molecule has 0 N–H and O–H groups in total. The van der Waals surface area contributed by atoms with E-state index in [2.05, 4.69) is 0 Å². The Kier molecular flexibility index (Phi) is 4.41. The first-order valence-electron chi connectivity index (χ1n) is 6.77. The first-order chi connectivity index (χ1) is 9.63. The van der Waals surface area contributed by atoms with Gasteiger partial charge in [0.05, 0.1) is 0 Å². The van der Waals surface area contributed by atoms with Crippen molar-refractivity contribution < 1.29 is 4.79 Å². The Bertz CT molecular complexity index is 561. The Morgan fingerprint density at radius 3 is 2.00 bits per heavy atom. The normalized spacial score (nSPS) is 10.2. The van der Waals surface area contributed by atoms with E-state index in [0.29, 0.717) is 12.1 Å². The van der Waals surface area contributed by atoms with Crippen molar-refractivity contribution in [1.82, 2.24) is 0 Å². The van der Waals surface area contributed by atoms with Crippen molar-refractivity contribution in [3.63, 3.8) is 0 Å². The molecule has 2 rings (SSSR count). The Balaban J connectivity index is 2.25. The van der Waals surface area contributed by atoms with Crippen molar-refractivity contribution in [2.45, 2.75) is 6.92 Å². The Morgan fingerprint density at radius 2 is 1.50 bits per heavy atom. The van der Waals surface area contributed by atoms with Crippen molar-refractivity contribution in [1.29, 1.82) is 0 Å². The number of carbonyl (C=O) groups is 1. The lowest BCUT2D eigenvalue weighted by Gasteiger charge is -2.21. The summed E-state index contributed by atoms with van der Waals surface area (Å²) in [7, 11) is 3.97. The quantitative estimate of drug-likeness (QED) is 0.848. The number of anilines is 2. The van der Waals surface area contributed by atoms with Crippen molar-refractivity contribution >= 4 is 17.3 Å². The van der Waals surface area contributed by atoms with E-state index in [4.69, 9.17) is 0 Å². The fourth-order valence-electron chi connectivity index (χ4n) is 2.11. The van der Waals surface area contributed by atoms with Gasteiger partial charge in [-0.3, -0.25) is 4.79 Å². The fourth-order valence-corrected chi connectivity index (χ4v) is 2.11. The summed E-state index contributed by atoms with van der Waals surface area (Å²) < 4.78 is 0. The molecule has 0 unspecified atom stereocenters. The standard InChI is InChI=1S/C17H20N2O/c1-4-19(16-8-6-5-7-9-16)17(20)14-10-12-15(13-11-14)18(2)3/h5-13H,4H2,1-3H3. The van der Waals surface area contributed by atoms with E-state index >= 15 is 0 Å². The Labute approximate surface area is 120 Å². The second-order valence-corrected chi connectivity index (χ2v) is 4.83. The van der Waals surface area contributed by atoms with Crippen LogP contribution in [0.15, 0.2) is 54.6 Å². The zero-order chi connectivity index (χ0) is 14.5. The summed E-state index contributed by atoms with van der Waals surface area (Å²) in [6.07, 6.45) is 0. The van der Waals surface area contributed by atoms with Crippen LogP contribution in [0.1, 0.15) is 17.3 Å². The summed E-state index contributed by atoms with van der Waals surface area (Å²) in [5.74, 6) is 0.0315. The van der Waals surface area contributed by atoms with E-state index in [0.717, 1.165) is 11.4 Å². The maximum atomic E-state index is 12.6.